The van der Waals surface area contributed by atoms with Crippen LogP contribution in [0.15, 0.2) is 4.52 Å². The molecule has 0 N–H and O–H groups in total. The third-order valence-corrected chi connectivity index (χ3v) is 4.93. The molecule has 1 saturated heterocycles. The van der Waals surface area contributed by atoms with E-state index in [4.69, 9.17) is 4.52 Å². The van der Waals surface area contributed by atoms with Crippen molar-refractivity contribution in [2.24, 2.45) is 0 Å². The number of aromatic nitrogens is 1. The van der Waals surface area contributed by atoms with Gasteiger partial charge in [-0.2, -0.15) is 4.31 Å². The van der Waals surface area contributed by atoms with Crippen molar-refractivity contribution >= 4 is 15.9 Å². The number of hydrogen-bond acceptors (Lipinski definition) is 5. The Labute approximate surface area is 124 Å². The van der Waals surface area contributed by atoms with Crippen LogP contribution in [-0.2, 0) is 10.0 Å². The third kappa shape index (κ3) is 3.26. The lowest BCUT2D eigenvalue weighted by Gasteiger charge is -2.33. The smallest absolute Gasteiger partial charge is 0.259 e. The molecule has 2 heterocycles. The molecule has 0 unspecified atom stereocenters. The minimum atomic E-state index is -3.19. The maximum absolute atomic E-state index is 12.6. The van der Waals surface area contributed by atoms with Crippen molar-refractivity contribution in [1.82, 2.24) is 14.4 Å². The molecule has 1 aliphatic heterocycles. The number of carbonyl (C=O) groups is 1. The van der Waals surface area contributed by atoms with E-state index in [2.05, 4.69) is 5.16 Å². The van der Waals surface area contributed by atoms with Crippen LogP contribution in [0.4, 0.5) is 0 Å². The summed E-state index contributed by atoms with van der Waals surface area (Å²) in [5, 5.41) is 3.88. The van der Waals surface area contributed by atoms with Gasteiger partial charge in [0, 0.05) is 32.1 Å². The van der Waals surface area contributed by atoms with Crippen LogP contribution in [0.5, 0.6) is 0 Å². The topological polar surface area (TPSA) is 83.7 Å². The number of aryl methyl sites for hydroxylation is 1. The van der Waals surface area contributed by atoms with E-state index in [1.54, 1.807) is 11.8 Å². The van der Waals surface area contributed by atoms with E-state index in [1.807, 2.05) is 13.8 Å². The number of nitrogens with zero attached hydrogens (tertiary/aromatic N) is 3. The molecule has 1 aliphatic rings. The van der Waals surface area contributed by atoms with E-state index in [1.165, 1.54) is 10.6 Å². The summed E-state index contributed by atoms with van der Waals surface area (Å²) in [6.45, 7) is 7.05. The summed E-state index contributed by atoms with van der Waals surface area (Å²) >= 11 is 0. The van der Waals surface area contributed by atoms with E-state index in [0.717, 1.165) is 0 Å². The molecule has 0 aromatic carbocycles. The van der Waals surface area contributed by atoms with Crippen molar-refractivity contribution in [3.8, 4) is 0 Å². The van der Waals surface area contributed by atoms with Gasteiger partial charge in [-0.1, -0.05) is 19.0 Å². The van der Waals surface area contributed by atoms with Gasteiger partial charge in [-0.25, -0.2) is 8.42 Å². The molecule has 0 saturated carbocycles. The Morgan fingerprint density at radius 2 is 1.81 bits per heavy atom. The van der Waals surface area contributed by atoms with Crippen molar-refractivity contribution in [3.63, 3.8) is 0 Å². The highest BCUT2D eigenvalue weighted by atomic mass is 32.2. The quantitative estimate of drug-likeness (QED) is 0.824. The van der Waals surface area contributed by atoms with Gasteiger partial charge in [-0.3, -0.25) is 4.79 Å². The highest BCUT2D eigenvalue weighted by Crippen LogP contribution is 2.24. The molecule has 1 aromatic rings. The van der Waals surface area contributed by atoms with Gasteiger partial charge < -0.3 is 9.42 Å². The fraction of sp³-hybridized carbons (Fsp3) is 0.692. The number of rotatable bonds is 3. The molecule has 7 nitrogen and oxygen atoms in total. The molecule has 1 aromatic heterocycles. The largest absolute Gasteiger partial charge is 0.360 e. The summed E-state index contributed by atoms with van der Waals surface area (Å²) in [5.74, 6) is 0.524. The molecule has 0 radical (unpaired) electrons. The molecule has 8 heteroatoms. The molecule has 1 amide bonds. The molecule has 21 heavy (non-hydrogen) atoms. The number of piperazine rings is 1. The Hall–Kier alpha value is -1.41. The molecular weight excluding hydrogens is 294 g/mol. The molecule has 118 valence electrons. The predicted molar refractivity (Wildman–Crippen MR) is 77.6 cm³/mol. The van der Waals surface area contributed by atoms with Crippen LogP contribution in [0.3, 0.4) is 0 Å². The Bertz CT molecular complexity index is 628. The summed E-state index contributed by atoms with van der Waals surface area (Å²) in [5.41, 5.74) is 1.09. The lowest BCUT2D eigenvalue weighted by Crippen LogP contribution is -2.50. The van der Waals surface area contributed by atoms with Crippen LogP contribution in [0.2, 0.25) is 0 Å². The highest BCUT2D eigenvalue weighted by molar-refractivity contribution is 7.88. The number of carbonyl (C=O) groups excluding carboxylic acids is 1. The normalized spacial score (nSPS) is 17.5. The van der Waals surface area contributed by atoms with Crippen molar-refractivity contribution < 1.29 is 17.7 Å². The zero-order valence-electron chi connectivity index (χ0n) is 12.8. The first-order valence-corrected chi connectivity index (χ1v) is 8.77. The lowest BCUT2D eigenvalue weighted by molar-refractivity contribution is 0.0694. The van der Waals surface area contributed by atoms with Gasteiger partial charge in [0.05, 0.1) is 11.9 Å². The van der Waals surface area contributed by atoms with E-state index >= 15 is 0 Å². The molecule has 0 atom stereocenters. The second-order valence-corrected chi connectivity index (χ2v) is 7.60. The average molecular weight is 315 g/mol. The van der Waals surface area contributed by atoms with Gasteiger partial charge in [-0.15, -0.1) is 0 Å². The SMILES string of the molecule is Cc1noc(C(C)C)c1C(=O)N1CCN(S(C)(=O)=O)CC1. The van der Waals surface area contributed by atoms with Crippen LogP contribution < -0.4 is 0 Å². The number of hydrogen-bond donors (Lipinski definition) is 0. The van der Waals surface area contributed by atoms with E-state index in [9.17, 15) is 13.2 Å². The fourth-order valence-electron chi connectivity index (χ4n) is 2.42. The minimum Gasteiger partial charge on any atom is -0.360 e. The van der Waals surface area contributed by atoms with E-state index < -0.39 is 10.0 Å². The van der Waals surface area contributed by atoms with Gasteiger partial charge in [-0.05, 0) is 6.92 Å². The standard InChI is InChI=1S/C13H21N3O4S/c1-9(2)12-11(10(3)14-20-12)13(17)15-5-7-16(8-6-15)21(4,18)19/h9H,5-8H2,1-4H3. The zero-order valence-corrected chi connectivity index (χ0v) is 13.6. The molecular formula is C13H21N3O4S. The second kappa shape index (κ2) is 5.76. The van der Waals surface area contributed by atoms with Crippen LogP contribution in [0.1, 0.15) is 41.6 Å². The van der Waals surface area contributed by atoms with Crippen LogP contribution in [0.25, 0.3) is 0 Å². The van der Waals surface area contributed by atoms with E-state index in [-0.39, 0.29) is 11.8 Å². The maximum Gasteiger partial charge on any atom is 0.259 e. The Morgan fingerprint density at radius 1 is 1.24 bits per heavy atom. The molecule has 0 bridgehead atoms. The first kappa shape index (κ1) is 16.0. The van der Waals surface area contributed by atoms with Gasteiger partial charge in [0.1, 0.15) is 5.56 Å². The number of sulfonamides is 1. The van der Waals surface area contributed by atoms with Gasteiger partial charge in [0.15, 0.2) is 5.76 Å². The molecule has 2 rings (SSSR count). The average Bonchev–Trinajstić information content (AvgIpc) is 2.79. The Kier molecular flexibility index (Phi) is 4.38. The molecule has 0 aliphatic carbocycles. The Balaban J connectivity index is 2.15. The first-order chi connectivity index (χ1) is 9.71. The maximum atomic E-state index is 12.6. The number of amides is 1. The molecule has 1 fully saturated rings. The van der Waals surface area contributed by atoms with Gasteiger partial charge >= 0.3 is 0 Å². The Morgan fingerprint density at radius 3 is 2.29 bits per heavy atom. The summed E-state index contributed by atoms with van der Waals surface area (Å²) in [4.78, 5) is 14.3. The molecule has 0 spiro atoms. The zero-order chi connectivity index (χ0) is 15.8. The first-order valence-electron chi connectivity index (χ1n) is 6.92. The summed E-state index contributed by atoms with van der Waals surface area (Å²) in [6, 6.07) is 0. The lowest BCUT2D eigenvalue weighted by atomic mass is 10.0. The monoisotopic (exact) mass is 315 g/mol. The summed E-state index contributed by atoms with van der Waals surface area (Å²) in [6.07, 6.45) is 1.19. The van der Waals surface area contributed by atoms with Crippen molar-refractivity contribution in [1.29, 1.82) is 0 Å². The highest BCUT2D eigenvalue weighted by Gasteiger charge is 2.30. The second-order valence-electron chi connectivity index (χ2n) is 5.62. The fourth-order valence-corrected chi connectivity index (χ4v) is 3.25. The van der Waals surface area contributed by atoms with Crippen molar-refractivity contribution in [3.05, 3.63) is 17.0 Å². The van der Waals surface area contributed by atoms with Crippen LogP contribution in [-0.4, -0.2) is 61.1 Å². The summed E-state index contributed by atoms with van der Waals surface area (Å²) < 4.78 is 29.6. The van der Waals surface area contributed by atoms with E-state index in [0.29, 0.717) is 43.2 Å². The van der Waals surface area contributed by atoms with Gasteiger partial charge in [0.2, 0.25) is 10.0 Å². The minimum absolute atomic E-state index is 0.0717. The van der Waals surface area contributed by atoms with Crippen molar-refractivity contribution in [2.45, 2.75) is 26.7 Å². The third-order valence-electron chi connectivity index (χ3n) is 3.62. The van der Waals surface area contributed by atoms with Crippen LogP contribution >= 0.6 is 0 Å². The predicted octanol–water partition coefficient (Wildman–Crippen LogP) is 0.824. The van der Waals surface area contributed by atoms with Crippen LogP contribution in [0, 0.1) is 6.92 Å². The van der Waals surface area contributed by atoms with Crippen molar-refractivity contribution in [2.75, 3.05) is 32.4 Å². The summed E-state index contributed by atoms with van der Waals surface area (Å²) in [7, 11) is -3.19. The van der Waals surface area contributed by atoms with Gasteiger partial charge in [0.25, 0.3) is 5.91 Å².